The van der Waals surface area contributed by atoms with Crippen molar-refractivity contribution in [2.24, 2.45) is 5.92 Å². The molecule has 1 aromatic carbocycles. The predicted octanol–water partition coefficient (Wildman–Crippen LogP) is 5.57. The van der Waals surface area contributed by atoms with Crippen molar-refractivity contribution < 1.29 is 14.3 Å². The number of amides is 2. The maximum Gasteiger partial charge on any atom is 0.408 e. The van der Waals surface area contributed by atoms with Crippen LogP contribution in [0.15, 0.2) is 42.5 Å². The van der Waals surface area contributed by atoms with Crippen LogP contribution in [-0.4, -0.2) is 46.7 Å². The molecule has 0 aromatic heterocycles. The molecule has 0 aliphatic carbocycles. The van der Waals surface area contributed by atoms with Gasteiger partial charge < -0.3 is 15.4 Å². The standard InChI is InChI=1S/C29H45N3O3/c1-21(2)17-23(31-28(34)35-29(3,4)5)13-9-16-27(33)30-24-18-25-14-10-15-26(19-24)32(25)20-22-11-7-6-8-12-22/h6-9,11-13,21,23-26H,10,14-20H2,1-5H3,(H,30,33)(H,31,34)/t23-,24?,25+,26?/m1/s1. The molecule has 2 saturated heterocycles. The number of hydrogen-bond donors (Lipinski definition) is 2. The van der Waals surface area contributed by atoms with Crippen molar-refractivity contribution in [1.82, 2.24) is 15.5 Å². The number of rotatable bonds is 9. The van der Waals surface area contributed by atoms with Gasteiger partial charge in [0, 0.05) is 31.1 Å². The molecule has 3 rings (SSSR count). The van der Waals surface area contributed by atoms with Crippen molar-refractivity contribution in [3.8, 4) is 0 Å². The third-order valence-electron chi connectivity index (χ3n) is 6.80. The summed E-state index contributed by atoms with van der Waals surface area (Å²) in [4.78, 5) is 27.6. The summed E-state index contributed by atoms with van der Waals surface area (Å²) in [5.74, 6) is 0.468. The van der Waals surface area contributed by atoms with Gasteiger partial charge >= 0.3 is 6.09 Å². The zero-order valence-corrected chi connectivity index (χ0v) is 22.3. The summed E-state index contributed by atoms with van der Waals surface area (Å²) in [6, 6.07) is 11.9. The highest BCUT2D eigenvalue weighted by Crippen LogP contribution is 2.35. The van der Waals surface area contributed by atoms with Gasteiger partial charge in [-0.1, -0.05) is 62.8 Å². The van der Waals surface area contributed by atoms with E-state index in [9.17, 15) is 9.59 Å². The van der Waals surface area contributed by atoms with Gasteiger partial charge in [-0.25, -0.2) is 4.79 Å². The molecule has 0 saturated carbocycles. The fourth-order valence-electron chi connectivity index (χ4n) is 5.43. The minimum atomic E-state index is -0.537. The number of nitrogens with zero attached hydrogens (tertiary/aromatic N) is 1. The van der Waals surface area contributed by atoms with Gasteiger partial charge in [-0.2, -0.15) is 0 Å². The average molecular weight is 484 g/mol. The highest BCUT2D eigenvalue weighted by atomic mass is 16.6. The van der Waals surface area contributed by atoms with Crippen molar-refractivity contribution in [1.29, 1.82) is 0 Å². The molecule has 2 N–H and O–H groups in total. The van der Waals surface area contributed by atoms with Gasteiger partial charge in [-0.3, -0.25) is 9.69 Å². The van der Waals surface area contributed by atoms with Crippen molar-refractivity contribution in [3.05, 3.63) is 48.0 Å². The third kappa shape index (κ3) is 9.32. The van der Waals surface area contributed by atoms with Crippen LogP contribution in [0.25, 0.3) is 0 Å². The molecule has 194 valence electrons. The van der Waals surface area contributed by atoms with E-state index in [1.165, 1.54) is 24.8 Å². The number of piperidine rings is 2. The lowest BCUT2D eigenvalue weighted by Gasteiger charge is -2.49. The highest BCUT2D eigenvalue weighted by molar-refractivity contribution is 5.77. The van der Waals surface area contributed by atoms with Crippen LogP contribution in [0.5, 0.6) is 0 Å². The van der Waals surface area contributed by atoms with Crippen LogP contribution < -0.4 is 10.6 Å². The van der Waals surface area contributed by atoms with E-state index in [1.807, 2.05) is 32.9 Å². The van der Waals surface area contributed by atoms with Crippen LogP contribution in [-0.2, 0) is 16.1 Å². The molecule has 2 bridgehead atoms. The van der Waals surface area contributed by atoms with Crippen LogP contribution in [0, 0.1) is 5.92 Å². The number of hydrogen-bond acceptors (Lipinski definition) is 4. The zero-order chi connectivity index (χ0) is 25.4. The Morgan fingerprint density at radius 2 is 1.77 bits per heavy atom. The number of carbonyl (C=O) groups is 2. The van der Waals surface area contributed by atoms with Gasteiger partial charge in [0.25, 0.3) is 0 Å². The maximum absolute atomic E-state index is 12.7. The average Bonchev–Trinajstić information content (AvgIpc) is 2.73. The lowest BCUT2D eigenvalue weighted by Crippen LogP contribution is -2.56. The number of benzene rings is 1. The Kier molecular flexibility index (Phi) is 9.79. The Bertz CT molecular complexity index is 832. The summed E-state index contributed by atoms with van der Waals surface area (Å²) < 4.78 is 5.39. The Morgan fingerprint density at radius 1 is 1.11 bits per heavy atom. The molecule has 6 heteroatoms. The van der Waals surface area contributed by atoms with Crippen LogP contribution in [0.3, 0.4) is 0 Å². The van der Waals surface area contributed by atoms with Crippen LogP contribution in [0.1, 0.15) is 85.1 Å². The van der Waals surface area contributed by atoms with Gasteiger partial charge in [0.15, 0.2) is 0 Å². The fraction of sp³-hybridized carbons (Fsp3) is 0.655. The lowest BCUT2D eigenvalue weighted by molar-refractivity contribution is -0.121. The largest absolute Gasteiger partial charge is 0.444 e. The first kappa shape index (κ1) is 27.3. The Labute approximate surface area is 211 Å². The molecule has 2 unspecified atom stereocenters. The second kappa shape index (κ2) is 12.6. The predicted molar refractivity (Wildman–Crippen MR) is 141 cm³/mol. The molecule has 35 heavy (non-hydrogen) atoms. The topological polar surface area (TPSA) is 70.7 Å². The first-order valence-electron chi connectivity index (χ1n) is 13.3. The molecular formula is C29H45N3O3. The fourth-order valence-corrected chi connectivity index (χ4v) is 5.43. The van der Waals surface area contributed by atoms with Crippen molar-refractivity contribution in [2.45, 2.75) is 116 Å². The molecule has 1 aromatic rings. The molecular weight excluding hydrogens is 438 g/mol. The Morgan fingerprint density at radius 3 is 2.37 bits per heavy atom. The number of fused-ring (bicyclic) bond motifs is 2. The van der Waals surface area contributed by atoms with E-state index >= 15 is 0 Å². The van der Waals surface area contributed by atoms with Crippen LogP contribution in [0.4, 0.5) is 4.79 Å². The van der Waals surface area contributed by atoms with Gasteiger partial charge in [0.05, 0.1) is 6.04 Å². The minimum absolute atomic E-state index is 0.0568. The molecule has 0 spiro atoms. The summed E-state index contributed by atoms with van der Waals surface area (Å²) >= 11 is 0. The number of ether oxygens (including phenoxy) is 1. The lowest BCUT2D eigenvalue weighted by atomic mass is 9.81. The van der Waals surface area contributed by atoms with Gasteiger partial charge in [-0.05, 0) is 64.4 Å². The van der Waals surface area contributed by atoms with Crippen molar-refractivity contribution >= 4 is 12.0 Å². The van der Waals surface area contributed by atoms with E-state index in [2.05, 4.69) is 59.7 Å². The van der Waals surface area contributed by atoms with Crippen molar-refractivity contribution in [3.63, 3.8) is 0 Å². The van der Waals surface area contributed by atoms with E-state index in [-0.39, 0.29) is 18.0 Å². The van der Waals surface area contributed by atoms with Crippen LogP contribution >= 0.6 is 0 Å². The monoisotopic (exact) mass is 483 g/mol. The number of alkyl carbamates (subject to hydrolysis) is 1. The van der Waals surface area contributed by atoms with E-state index in [0.29, 0.717) is 24.4 Å². The first-order chi connectivity index (χ1) is 16.6. The molecule has 2 amide bonds. The molecule has 2 heterocycles. The molecule has 6 nitrogen and oxygen atoms in total. The summed E-state index contributed by atoms with van der Waals surface area (Å²) in [6.45, 7) is 10.8. The number of nitrogens with one attached hydrogen (secondary N) is 2. The minimum Gasteiger partial charge on any atom is -0.444 e. The van der Waals surface area contributed by atoms with Crippen LogP contribution in [0.2, 0.25) is 0 Å². The second-order valence-electron chi connectivity index (χ2n) is 11.6. The maximum atomic E-state index is 12.7. The highest BCUT2D eigenvalue weighted by Gasteiger charge is 2.38. The van der Waals surface area contributed by atoms with Crippen molar-refractivity contribution in [2.75, 3.05) is 0 Å². The van der Waals surface area contributed by atoms with Gasteiger partial charge in [0.1, 0.15) is 5.60 Å². The molecule has 2 aliphatic rings. The Hall–Kier alpha value is -2.34. The van der Waals surface area contributed by atoms with E-state index < -0.39 is 11.7 Å². The molecule has 0 radical (unpaired) electrons. The quantitative estimate of drug-likeness (QED) is 0.450. The summed E-state index contributed by atoms with van der Waals surface area (Å²) in [7, 11) is 0. The van der Waals surface area contributed by atoms with E-state index in [0.717, 1.165) is 25.8 Å². The second-order valence-corrected chi connectivity index (χ2v) is 11.6. The van der Waals surface area contributed by atoms with Gasteiger partial charge in [-0.15, -0.1) is 0 Å². The zero-order valence-electron chi connectivity index (χ0n) is 22.3. The van der Waals surface area contributed by atoms with E-state index in [1.54, 1.807) is 0 Å². The summed E-state index contributed by atoms with van der Waals surface area (Å²) in [5.41, 5.74) is 0.832. The molecule has 4 atom stereocenters. The SMILES string of the molecule is CC(C)C[C@@H](C=CCC(=O)NC1CC2CCC[C@@H](C1)N2Cc1ccccc1)NC(=O)OC(C)(C)C. The normalized spacial score (nSPS) is 23.8. The Balaban J connectivity index is 1.49. The summed E-state index contributed by atoms with van der Waals surface area (Å²) in [5, 5.41) is 6.22. The van der Waals surface area contributed by atoms with E-state index in [4.69, 9.17) is 4.74 Å². The molecule has 2 aliphatic heterocycles. The third-order valence-corrected chi connectivity index (χ3v) is 6.80. The first-order valence-corrected chi connectivity index (χ1v) is 13.3. The molecule has 2 fully saturated rings. The smallest absolute Gasteiger partial charge is 0.408 e. The number of carbonyl (C=O) groups excluding carboxylic acids is 2. The summed E-state index contributed by atoms with van der Waals surface area (Å²) in [6.07, 6.45) is 10.3. The van der Waals surface area contributed by atoms with Gasteiger partial charge in [0.2, 0.25) is 5.91 Å².